The van der Waals surface area contributed by atoms with Gasteiger partial charge in [0.25, 0.3) is 5.91 Å². The molecule has 0 spiro atoms. The molecule has 1 aromatic rings. The molecule has 0 radical (unpaired) electrons. The predicted molar refractivity (Wildman–Crippen MR) is 79.1 cm³/mol. The van der Waals surface area contributed by atoms with Crippen LogP contribution in [0.25, 0.3) is 0 Å². The normalized spacial score (nSPS) is 26.2. The first-order chi connectivity index (χ1) is 10.8. The predicted octanol–water partition coefficient (Wildman–Crippen LogP) is 0.492. The summed E-state index contributed by atoms with van der Waals surface area (Å²) in [6, 6.07) is 9.39. The summed E-state index contributed by atoms with van der Waals surface area (Å²) in [5.74, 6) is -0.144. The van der Waals surface area contributed by atoms with Gasteiger partial charge in [0, 0.05) is 13.1 Å². The highest BCUT2D eigenvalue weighted by Gasteiger charge is 2.34. The van der Waals surface area contributed by atoms with Gasteiger partial charge in [0.2, 0.25) is 5.91 Å². The Morgan fingerprint density at radius 1 is 1.23 bits per heavy atom. The van der Waals surface area contributed by atoms with E-state index in [1.54, 1.807) is 4.90 Å². The lowest BCUT2D eigenvalue weighted by atomic mass is 10.0. The monoisotopic (exact) mass is 304 g/mol. The molecule has 3 rings (SSSR count). The van der Waals surface area contributed by atoms with E-state index in [1.807, 2.05) is 30.3 Å². The van der Waals surface area contributed by atoms with E-state index in [4.69, 9.17) is 9.47 Å². The number of benzene rings is 1. The molecule has 2 heterocycles. The molecule has 118 valence electrons. The van der Waals surface area contributed by atoms with Crippen LogP contribution in [0.15, 0.2) is 30.3 Å². The molecule has 2 fully saturated rings. The van der Waals surface area contributed by atoms with Crippen molar-refractivity contribution in [2.45, 2.75) is 18.6 Å². The molecule has 1 N–H and O–H groups in total. The Hall–Kier alpha value is -1.92. The van der Waals surface area contributed by atoms with Gasteiger partial charge in [-0.05, 0) is 5.56 Å². The Balaban J connectivity index is 1.84. The molecule has 0 aliphatic carbocycles. The van der Waals surface area contributed by atoms with Crippen molar-refractivity contribution in [3.63, 3.8) is 0 Å². The molecule has 0 unspecified atom stereocenters. The molecule has 2 aliphatic rings. The maximum Gasteiger partial charge on any atom is 0.254 e. The standard InChI is InChI=1S/C16H20N2O4/c19-15-10-13(12-4-2-1-3-5-12)18(7-6-17-15)16(20)14-11-21-8-9-22-14/h1-5,13-14H,6-11H2,(H,17,19)/t13-,14-/m0/s1. The zero-order valence-corrected chi connectivity index (χ0v) is 12.4. The third-order valence-corrected chi connectivity index (χ3v) is 3.99. The number of nitrogens with one attached hydrogen (secondary N) is 1. The van der Waals surface area contributed by atoms with Gasteiger partial charge in [0.1, 0.15) is 0 Å². The topological polar surface area (TPSA) is 67.9 Å². The zero-order chi connectivity index (χ0) is 15.4. The number of rotatable bonds is 2. The average Bonchev–Trinajstić information content (AvgIpc) is 2.77. The highest BCUT2D eigenvalue weighted by molar-refractivity contribution is 5.84. The van der Waals surface area contributed by atoms with Crippen molar-refractivity contribution in [3.8, 4) is 0 Å². The first kappa shape index (κ1) is 15.0. The van der Waals surface area contributed by atoms with Crippen LogP contribution in [0.4, 0.5) is 0 Å². The van der Waals surface area contributed by atoms with Gasteiger partial charge in [-0.3, -0.25) is 9.59 Å². The van der Waals surface area contributed by atoms with E-state index in [9.17, 15) is 9.59 Å². The minimum absolute atomic E-state index is 0.0371. The maximum absolute atomic E-state index is 12.8. The van der Waals surface area contributed by atoms with Crippen LogP contribution >= 0.6 is 0 Å². The number of nitrogens with zero attached hydrogens (tertiary/aromatic N) is 1. The summed E-state index contributed by atoms with van der Waals surface area (Å²) >= 11 is 0. The lowest BCUT2D eigenvalue weighted by Gasteiger charge is -2.33. The van der Waals surface area contributed by atoms with Gasteiger partial charge >= 0.3 is 0 Å². The van der Waals surface area contributed by atoms with E-state index < -0.39 is 6.10 Å². The van der Waals surface area contributed by atoms with Crippen LogP contribution in [0, 0.1) is 0 Å². The van der Waals surface area contributed by atoms with Gasteiger partial charge in [-0.1, -0.05) is 30.3 Å². The van der Waals surface area contributed by atoms with E-state index in [2.05, 4.69) is 5.32 Å². The van der Waals surface area contributed by atoms with Crippen molar-refractivity contribution in [1.29, 1.82) is 0 Å². The summed E-state index contributed by atoms with van der Waals surface area (Å²) in [6.07, 6.45) is -0.309. The Kier molecular flexibility index (Phi) is 4.70. The fourth-order valence-corrected chi connectivity index (χ4v) is 2.88. The average molecular weight is 304 g/mol. The Morgan fingerprint density at radius 2 is 2.05 bits per heavy atom. The molecule has 2 aliphatic heterocycles. The summed E-state index contributed by atoms with van der Waals surface area (Å²) in [5.41, 5.74) is 0.963. The minimum atomic E-state index is -0.576. The molecule has 0 aromatic heterocycles. The second-order valence-electron chi connectivity index (χ2n) is 5.45. The summed E-state index contributed by atoms with van der Waals surface area (Å²) in [4.78, 5) is 26.4. The third-order valence-electron chi connectivity index (χ3n) is 3.99. The van der Waals surface area contributed by atoms with E-state index in [-0.39, 0.29) is 30.9 Å². The van der Waals surface area contributed by atoms with Crippen molar-refractivity contribution in [2.24, 2.45) is 0 Å². The molecular formula is C16H20N2O4. The van der Waals surface area contributed by atoms with Gasteiger partial charge in [0.05, 0.1) is 32.3 Å². The van der Waals surface area contributed by atoms with Crippen molar-refractivity contribution in [1.82, 2.24) is 10.2 Å². The number of hydrogen-bond donors (Lipinski definition) is 1. The van der Waals surface area contributed by atoms with Gasteiger partial charge < -0.3 is 19.7 Å². The molecule has 2 atom stereocenters. The Morgan fingerprint density at radius 3 is 2.77 bits per heavy atom. The lowest BCUT2D eigenvalue weighted by Crippen LogP contribution is -2.47. The van der Waals surface area contributed by atoms with Gasteiger partial charge in [-0.15, -0.1) is 0 Å². The molecule has 1 aromatic carbocycles. The van der Waals surface area contributed by atoms with Crippen molar-refractivity contribution < 1.29 is 19.1 Å². The molecule has 6 nitrogen and oxygen atoms in total. The summed E-state index contributed by atoms with van der Waals surface area (Å²) < 4.78 is 10.9. The van der Waals surface area contributed by atoms with Crippen LogP contribution in [-0.4, -0.2) is 55.7 Å². The first-order valence-corrected chi connectivity index (χ1v) is 7.57. The quantitative estimate of drug-likeness (QED) is 0.863. The van der Waals surface area contributed by atoms with Gasteiger partial charge in [-0.25, -0.2) is 0 Å². The molecular weight excluding hydrogens is 284 g/mol. The molecule has 2 saturated heterocycles. The van der Waals surface area contributed by atoms with Crippen LogP contribution in [0.1, 0.15) is 18.0 Å². The zero-order valence-electron chi connectivity index (χ0n) is 12.4. The van der Waals surface area contributed by atoms with Crippen molar-refractivity contribution in [2.75, 3.05) is 32.9 Å². The first-order valence-electron chi connectivity index (χ1n) is 7.57. The number of ether oxygens (including phenoxy) is 2. The SMILES string of the molecule is O=C1C[C@@H](c2ccccc2)N(C(=O)[C@@H]2COCCO2)CCN1. The fraction of sp³-hybridized carbons (Fsp3) is 0.500. The van der Waals surface area contributed by atoms with E-state index in [1.165, 1.54) is 0 Å². The Labute approximate surface area is 129 Å². The number of amides is 2. The smallest absolute Gasteiger partial charge is 0.254 e. The molecule has 0 bridgehead atoms. The van der Waals surface area contributed by atoms with E-state index in [0.717, 1.165) is 5.56 Å². The summed E-state index contributed by atoms with van der Waals surface area (Å²) in [5, 5.41) is 2.83. The second-order valence-corrected chi connectivity index (χ2v) is 5.45. The molecule has 22 heavy (non-hydrogen) atoms. The third kappa shape index (κ3) is 3.28. The molecule has 6 heteroatoms. The number of carbonyl (C=O) groups is 2. The number of hydrogen-bond acceptors (Lipinski definition) is 4. The molecule has 0 saturated carbocycles. The van der Waals surface area contributed by atoms with Gasteiger partial charge in [-0.2, -0.15) is 0 Å². The van der Waals surface area contributed by atoms with Crippen LogP contribution in [0.5, 0.6) is 0 Å². The van der Waals surface area contributed by atoms with Crippen molar-refractivity contribution in [3.05, 3.63) is 35.9 Å². The summed E-state index contributed by atoms with van der Waals surface area (Å²) in [6.45, 7) is 2.16. The highest BCUT2D eigenvalue weighted by atomic mass is 16.6. The van der Waals surface area contributed by atoms with E-state index >= 15 is 0 Å². The minimum Gasteiger partial charge on any atom is -0.376 e. The van der Waals surface area contributed by atoms with Gasteiger partial charge in [0.15, 0.2) is 6.10 Å². The van der Waals surface area contributed by atoms with Crippen LogP contribution in [-0.2, 0) is 19.1 Å². The maximum atomic E-state index is 12.8. The summed E-state index contributed by atoms with van der Waals surface area (Å²) in [7, 11) is 0. The van der Waals surface area contributed by atoms with Crippen LogP contribution in [0.2, 0.25) is 0 Å². The lowest BCUT2D eigenvalue weighted by molar-refractivity contribution is -0.160. The molecule has 2 amide bonds. The second kappa shape index (κ2) is 6.89. The Bertz CT molecular complexity index is 528. The van der Waals surface area contributed by atoms with E-state index in [0.29, 0.717) is 26.3 Å². The highest BCUT2D eigenvalue weighted by Crippen LogP contribution is 2.27. The van der Waals surface area contributed by atoms with Crippen molar-refractivity contribution >= 4 is 11.8 Å². The van der Waals surface area contributed by atoms with Crippen LogP contribution in [0.3, 0.4) is 0 Å². The van der Waals surface area contributed by atoms with Crippen LogP contribution < -0.4 is 5.32 Å². The largest absolute Gasteiger partial charge is 0.376 e. The fourth-order valence-electron chi connectivity index (χ4n) is 2.88. The number of carbonyl (C=O) groups excluding carboxylic acids is 2.